The molecule has 1 N–H and O–H groups in total. The molecule has 0 aliphatic heterocycles. The van der Waals surface area contributed by atoms with Gasteiger partial charge in [0.25, 0.3) is 0 Å². The average molecular weight is 320 g/mol. The molecule has 1 atom stereocenters. The molecule has 4 heteroatoms. The lowest BCUT2D eigenvalue weighted by atomic mass is 10.2. The fourth-order valence-corrected chi connectivity index (χ4v) is 2.40. The number of hydrogen-bond donors (Lipinski definition) is 1. The molecule has 0 amide bonds. The normalized spacial score (nSPS) is 11.8. The molecule has 118 valence electrons. The van der Waals surface area contributed by atoms with Crippen LogP contribution < -0.4 is 14.8 Å². The summed E-state index contributed by atoms with van der Waals surface area (Å²) >= 11 is 6.13. The smallest absolute Gasteiger partial charge is 0.137 e. The lowest BCUT2D eigenvalue weighted by Gasteiger charge is -2.20. The summed E-state index contributed by atoms with van der Waals surface area (Å²) in [7, 11) is 1.61. The Hall–Kier alpha value is -1.87. The Kier molecular flexibility index (Phi) is 5.96. The minimum absolute atomic E-state index is 0.0991. The number of nitrogens with one attached hydrogen (secondary N) is 1. The highest BCUT2D eigenvalue weighted by molar-refractivity contribution is 6.32. The first-order valence-electron chi connectivity index (χ1n) is 7.43. The third-order valence-electron chi connectivity index (χ3n) is 3.53. The topological polar surface area (TPSA) is 30.5 Å². The molecule has 0 saturated carbocycles. The largest absolute Gasteiger partial charge is 0.495 e. The van der Waals surface area contributed by atoms with E-state index in [1.807, 2.05) is 36.4 Å². The van der Waals surface area contributed by atoms with E-state index in [0.717, 1.165) is 23.4 Å². The number of rotatable bonds is 7. The van der Waals surface area contributed by atoms with Gasteiger partial charge in [0.2, 0.25) is 0 Å². The van der Waals surface area contributed by atoms with Crippen molar-refractivity contribution in [2.24, 2.45) is 0 Å². The Morgan fingerprint density at radius 2 is 1.91 bits per heavy atom. The number of benzene rings is 2. The van der Waals surface area contributed by atoms with Crippen LogP contribution in [0.1, 0.15) is 18.9 Å². The van der Waals surface area contributed by atoms with E-state index in [2.05, 4.69) is 25.2 Å². The molecule has 0 bridgehead atoms. The second kappa shape index (κ2) is 7.95. The van der Waals surface area contributed by atoms with Gasteiger partial charge in [-0.3, -0.25) is 0 Å². The van der Waals surface area contributed by atoms with Gasteiger partial charge in [-0.2, -0.15) is 0 Å². The lowest BCUT2D eigenvalue weighted by molar-refractivity contribution is 0.208. The van der Waals surface area contributed by atoms with Crippen LogP contribution >= 0.6 is 11.6 Å². The van der Waals surface area contributed by atoms with E-state index in [1.54, 1.807) is 7.11 Å². The number of halogens is 1. The van der Waals surface area contributed by atoms with Crippen LogP contribution in [0.3, 0.4) is 0 Å². The van der Waals surface area contributed by atoms with E-state index in [9.17, 15) is 0 Å². The van der Waals surface area contributed by atoms with Gasteiger partial charge in [-0.1, -0.05) is 36.7 Å². The molecule has 0 aromatic heterocycles. The maximum absolute atomic E-state index is 6.13. The average Bonchev–Trinajstić information content (AvgIpc) is 2.53. The van der Waals surface area contributed by atoms with Gasteiger partial charge in [0.15, 0.2) is 0 Å². The predicted octanol–water partition coefficient (Wildman–Crippen LogP) is 4.93. The zero-order chi connectivity index (χ0) is 15.9. The molecule has 0 spiro atoms. The Labute approximate surface area is 137 Å². The molecule has 1 unspecified atom stereocenters. The van der Waals surface area contributed by atoms with Crippen LogP contribution in [0, 0.1) is 6.92 Å². The lowest BCUT2D eigenvalue weighted by Crippen LogP contribution is -2.25. The molecule has 3 nitrogen and oxygen atoms in total. The van der Waals surface area contributed by atoms with E-state index >= 15 is 0 Å². The van der Waals surface area contributed by atoms with Crippen LogP contribution in [0.4, 0.5) is 5.69 Å². The van der Waals surface area contributed by atoms with E-state index < -0.39 is 0 Å². The predicted molar refractivity (Wildman–Crippen MR) is 92.4 cm³/mol. The minimum atomic E-state index is 0.0991. The summed E-state index contributed by atoms with van der Waals surface area (Å²) in [6.45, 7) is 4.89. The summed E-state index contributed by atoms with van der Waals surface area (Å²) in [5.41, 5.74) is 2.10. The summed E-state index contributed by atoms with van der Waals surface area (Å²) in [5, 5.41) is 3.96. The van der Waals surface area contributed by atoms with E-state index in [1.165, 1.54) is 0 Å². The monoisotopic (exact) mass is 319 g/mol. The zero-order valence-electron chi connectivity index (χ0n) is 13.2. The minimum Gasteiger partial charge on any atom is -0.495 e. The van der Waals surface area contributed by atoms with Gasteiger partial charge in [-0.05, 0) is 43.2 Å². The molecule has 2 rings (SSSR count). The molecule has 2 aromatic carbocycles. The molecule has 0 saturated heterocycles. The summed E-state index contributed by atoms with van der Waals surface area (Å²) in [6.07, 6.45) is 1.02. The van der Waals surface area contributed by atoms with E-state index in [4.69, 9.17) is 21.1 Å². The van der Waals surface area contributed by atoms with Gasteiger partial charge in [-0.15, -0.1) is 0 Å². The number of hydrogen-bond acceptors (Lipinski definition) is 3. The number of aryl methyl sites for hydroxylation is 1. The molecular weight excluding hydrogens is 298 g/mol. The number of para-hydroxylation sites is 1. The van der Waals surface area contributed by atoms with Crippen LogP contribution in [-0.4, -0.2) is 19.8 Å². The molecule has 22 heavy (non-hydrogen) atoms. The molecular formula is C18H22ClNO2. The van der Waals surface area contributed by atoms with Gasteiger partial charge < -0.3 is 14.8 Å². The van der Waals surface area contributed by atoms with Gasteiger partial charge in [0.1, 0.15) is 17.6 Å². The molecule has 0 aliphatic carbocycles. The van der Waals surface area contributed by atoms with Gasteiger partial charge in [0, 0.05) is 5.69 Å². The molecule has 2 aromatic rings. The van der Waals surface area contributed by atoms with Gasteiger partial charge >= 0.3 is 0 Å². The highest BCUT2D eigenvalue weighted by atomic mass is 35.5. The Balaban J connectivity index is 1.96. The third-order valence-corrected chi connectivity index (χ3v) is 3.82. The van der Waals surface area contributed by atoms with Crippen molar-refractivity contribution in [1.82, 2.24) is 0 Å². The molecule has 0 fully saturated rings. The van der Waals surface area contributed by atoms with Crippen molar-refractivity contribution in [3.8, 4) is 11.5 Å². The van der Waals surface area contributed by atoms with Crippen LogP contribution in [0.5, 0.6) is 11.5 Å². The van der Waals surface area contributed by atoms with Crippen LogP contribution in [0.25, 0.3) is 0 Å². The van der Waals surface area contributed by atoms with E-state index in [-0.39, 0.29) is 6.10 Å². The number of anilines is 1. The standard InChI is InChI=1S/C18H22ClNO2/c1-4-15(22-17-8-6-5-7-13(17)2)12-20-14-9-10-18(21-3)16(19)11-14/h5-11,15,20H,4,12H2,1-3H3. The van der Waals surface area contributed by atoms with Crippen molar-refractivity contribution in [3.05, 3.63) is 53.1 Å². The fraction of sp³-hybridized carbons (Fsp3) is 0.333. The van der Waals surface area contributed by atoms with Crippen molar-refractivity contribution in [3.63, 3.8) is 0 Å². The summed E-state index contributed by atoms with van der Waals surface area (Å²) in [5.74, 6) is 1.61. The maximum Gasteiger partial charge on any atom is 0.137 e. The van der Waals surface area contributed by atoms with Crippen molar-refractivity contribution in [2.45, 2.75) is 26.4 Å². The molecule has 0 heterocycles. The van der Waals surface area contributed by atoms with Crippen molar-refractivity contribution in [1.29, 1.82) is 0 Å². The Morgan fingerprint density at radius 3 is 2.55 bits per heavy atom. The van der Waals surface area contributed by atoms with Gasteiger partial charge in [-0.25, -0.2) is 0 Å². The van der Waals surface area contributed by atoms with E-state index in [0.29, 0.717) is 17.3 Å². The van der Waals surface area contributed by atoms with Crippen LogP contribution in [0.2, 0.25) is 5.02 Å². The number of methoxy groups -OCH3 is 1. The maximum atomic E-state index is 6.13. The molecule has 0 radical (unpaired) electrons. The highest BCUT2D eigenvalue weighted by Crippen LogP contribution is 2.27. The zero-order valence-corrected chi connectivity index (χ0v) is 14.0. The van der Waals surface area contributed by atoms with Gasteiger partial charge in [0.05, 0.1) is 18.7 Å². The first kappa shape index (κ1) is 16.5. The summed E-state index contributed by atoms with van der Waals surface area (Å²) < 4.78 is 11.2. The molecule has 0 aliphatic rings. The summed E-state index contributed by atoms with van der Waals surface area (Å²) in [4.78, 5) is 0. The second-order valence-electron chi connectivity index (χ2n) is 5.14. The Bertz CT molecular complexity index is 616. The third kappa shape index (κ3) is 4.31. The second-order valence-corrected chi connectivity index (χ2v) is 5.55. The fourth-order valence-electron chi connectivity index (χ4n) is 2.15. The summed E-state index contributed by atoms with van der Waals surface area (Å²) in [6, 6.07) is 13.7. The van der Waals surface area contributed by atoms with Crippen LogP contribution in [-0.2, 0) is 0 Å². The first-order chi connectivity index (χ1) is 10.6. The first-order valence-corrected chi connectivity index (χ1v) is 7.81. The SMILES string of the molecule is CCC(CNc1ccc(OC)c(Cl)c1)Oc1ccccc1C. The van der Waals surface area contributed by atoms with Crippen LogP contribution in [0.15, 0.2) is 42.5 Å². The van der Waals surface area contributed by atoms with Crippen molar-refractivity contribution >= 4 is 17.3 Å². The van der Waals surface area contributed by atoms with Crippen molar-refractivity contribution < 1.29 is 9.47 Å². The Morgan fingerprint density at radius 1 is 1.14 bits per heavy atom. The van der Waals surface area contributed by atoms with Crippen molar-refractivity contribution in [2.75, 3.05) is 19.0 Å². The quantitative estimate of drug-likeness (QED) is 0.785. The number of ether oxygens (including phenoxy) is 2. The highest BCUT2D eigenvalue weighted by Gasteiger charge is 2.10.